The summed E-state index contributed by atoms with van der Waals surface area (Å²) in [5.41, 5.74) is 7.92. The lowest BCUT2D eigenvalue weighted by molar-refractivity contribution is -0.138. The number of H-pyrrole nitrogens is 1. The maximum atomic E-state index is 13.5. The Morgan fingerprint density at radius 2 is 1.85 bits per heavy atom. The van der Waals surface area contributed by atoms with E-state index >= 15 is 0 Å². The molecule has 0 bridgehead atoms. The Kier molecular flexibility index (Phi) is 7.65. The monoisotopic (exact) mass is 467 g/mol. The molecule has 2 aliphatic rings. The van der Waals surface area contributed by atoms with Crippen LogP contribution < -0.4 is 5.73 Å². The zero-order valence-electron chi connectivity index (χ0n) is 19.7. The molecular weight excluding hydrogens is 433 g/mol. The van der Waals surface area contributed by atoms with Crippen LogP contribution in [-0.2, 0) is 4.79 Å². The molecule has 0 unspecified atom stereocenters. The number of likely N-dealkylation sites (tertiary alicyclic amines) is 1. The van der Waals surface area contributed by atoms with Crippen LogP contribution in [0.3, 0.4) is 0 Å². The number of nitrogens with two attached hydrogens (primary N) is 1. The molecule has 1 aromatic heterocycles. The van der Waals surface area contributed by atoms with Crippen LogP contribution >= 0.6 is 0 Å². The van der Waals surface area contributed by atoms with Crippen LogP contribution in [0.25, 0.3) is 17.0 Å². The molecule has 1 aliphatic heterocycles. The molecule has 1 saturated heterocycles. The van der Waals surface area contributed by atoms with E-state index in [-0.39, 0.29) is 5.82 Å². The predicted molar refractivity (Wildman–Crippen MR) is 130 cm³/mol. The molecule has 7 nitrogen and oxygen atoms in total. The highest BCUT2D eigenvalue weighted by Crippen LogP contribution is 2.39. The first-order valence-corrected chi connectivity index (χ1v) is 12.2. The lowest BCUT2D eigenvalue weighted by Gasteiger charge is -2.39. The van der Waals surface area contributed by atoms with E-state index in [2.05, 4.69) is 20.1 Å². The number of hydrogen-bond acceptors (Lipinski definition) is 5. The minimum atomic E-state index is -0.668. The first-order valence-electron chi connectivity index (χ1n) is 12.2. The maximum Gasteiger partial charge on any atom is 0.303 e. The van der Waals surface area contributed by atoms with Gasteiger partial charge in [-0.15, -0.1) is 10.2 Å². The van der Waals surface area contributed by atoms with Crippen molar-refractivity contribution >= 4 is 11.5 Å². The lowest BCUT2D eigenvalue weighted by Crippen LogP contribution is -2.38. The molecule has 0 spiro atoms. The van der Waals surface area contributed by atoms with Crippen molar-refractivity contribution in [2.75, 3.05) is 13.1 Å². The van der Waals surface area contributed by atoms with Crippen molar-refractivity contribution in [2.45, 2.75) is 51.9 Å². The van der Waals surface area contributed by atoms with Crippen molar-refractivity contribution < 1.29 is 14.3 Å². The van der Waals surface area contributed by atoms with Gasteiger partial charge < -0.3 is 20.7 Å². The fraction of sp³-hybridized carbons (Fsp3) is 0.500. The fourth-order valence-electron chi connectivity index (χ4n) is 5.34. The molecule has 2 fully saturated rings. The van der Waals surface area contributed by atoms with Gasteiger partial charge >= 0.3 is 5.97 Å². The molecule has 8 heteroatoms. The number of carboxylic acids is 1. The number of halogens is 1. The van der Waals surface area contributed by atoms with Gasteiger partial charge in [-0.1, -0.05) is 18.2 Å². The summed E-state index contributed by atoms with van der Waals surface area (Å²) in [4.78, 5) is 16.3. The summed E-state index contributed by atoms with van der Waals surface area (Å²) in [6, 6.07) is 6.25. The van der Waals surface area contributed by atoms with Gasteiger partial charge in [0.05, 0.1) is 5.82 Å². The molecule has 4 N–H and O–H groups in total. The molecule has 1 saturated carbocycles. The van der Waals surface area contributed by atoms with Gasteiger partial charge in [-0.05, 0) is 87.0 Å². The van der Waals surface area contributed by atoms with E-state index in [1.54, 1.807) is 12.1 Å². The summed E-state index contributed by atoms with van der Waals surface area (Å²) in [6.07, 6.45) is 10.8. The summed E-state index contributed by atoms with van der Waals surface area (Å²) >= 11 is 0. The fourth-order valence-corrected chi connectivity index (χ4v) is 5.34. The first kappa shape index (κ1) is 24.0. The molecule has 1 aromatic carbocycles. The number of benzene rings is 1. The molecule has 0 radical (unpaired) electrons. The van der Waals surface area contributed by atoms with Crippen LogP contribution in [-0.4, -0.2) is 44.2 Å². The second kappa shape index (κ2) is 10.8. The molecule has 0 atom stereocenters. The van der Waals surface area contributed by atoms with Crippen LogP contribution in [0.4, 0.5) is 4.39 Å². The van der Waals surface area contributed by atoms with Crippen molar-refractivity contribution in [3.63, 3.8) is 0 Å². The quantitative estimate of drug-likeness (QED) is 0.505. The number of nitrogens with one attached hydrogen (secondary N) is 1. The van der Waals surface area contributed by atoms with Gasteiger partial charge in [0, 0.05) is 25.1 Å². The molecule has 0 amide bonds. The third-order valence-corrected chi connectivity index (χ3v) is 7.39. The average molecular weight is 468 g/mol. The number of piperidine rings is 1. The highest BCUT2D eigenvalue weighted by Gasteiger charge is 2.31. The van der Waals surface area contributed by atoms with E-state index in [0.29, 0.717) is 35.5 Å². The number of nitrogens with zero attached hydrogens (tertiary/aromatic N) is 3. The third kappa shape index (κ3) is 6.04. The van der Waals surface area contributed by atoms with Crippen LogP contribution in [0, 0.1) is 23.6 Å². The molecule has 4 rings (SSSR count). The van der Waals surface area contributed by atoms with Gasteiger partial charge in [0.15, 0.2) is 11.6 Å². The van der Waals surface area contributed by atoms with E-state index in [1.165, 1.54) is 12.1 Å². The van der Waals surface area contributed by atoms with Gasteiger partial charge in [0.2, 0.25) is 0 Å². The van der Waals surface area contributed by atoms with Crippen molar-refractivity contribution in [3.8, 4) is 11.4 Å². The highest BCUT2D eigenvalue weighted by atomic mass is 19.1. The zero-order valence-corrected chi connectivity index (χ0v) is 19.7. The number of rotatable bonds is 7. The van der Waals surface area contributed by atoms with Gasteiger partial charge in [-0.2, -0.15) is 0 Å². The minimum Gasteiger partial charge on any atom is -0.481 e. The van der Waals surface area contributed by atoms with E-state index in [4.69, 9.17) is 10.8 Å². The average Bonchev–Trinajstić information content (AvgIpc) is 3.33. The van der Waals surface area contributed by atoms with Crippen molar-refractivity contribution in [2.24, 2.45) is 23.5 Å². The van der Waals surface area contributed by atoms with Gasteiger partial charge in [-0.3, -0.25) is 4.79 Å². The van der Waals surface area contributed by atoms with Crippen molar-refractivity contribution in [3.05, 3.63) is 53.9 Å². The first-order chi connectivity index (χ1) is 16.4. The molecule has 1 aliphatic carbocycles. The second-order valence-electron chi connectivity index (χ2n) is 9.68. The summed E-state index contributed by atoms with van der Waals surface area (Å²) < 4.78 is 13.5. The number of allylic oxidation sites excluding steroid dienone is 3. The Morgan fingerprint density at radius 1 is 1.15 bits per heavy atom. The summed E-state index contributed by atoms with van der Waals surface area (Å²) in [7, 11) is 0. The Labute approximate surface area is 200 Å². The van der Waals surface area contributed by atoms with Gasteiger partial charge in [0.25, 0.3) is 0 Å². The van der Waals surface area contributed by atoms with Crippen LogP contribution in [0.5, 0.6) is 0 Å². The normalized spacial score (nSPS) is 22.7. The Morgan fingerprint density at radius 3 is 2.53 bits per heavy atom. The number of hydrogen-bond donors (Lipinski definition) is 3. The topological polar surface area (TPSA) is 108 Å². The summed E-state index contributed by atoms with van der Waals surface area (Å²) in [5.74, 6) is 2.70. The SMILES string of the molecule is C/C(=C\C=C(/N)N1CCC([C@H]2CC[C@@H](CC(=O)O)CC2)CC1)c1nnc(-c2cccc(F)c2)[nH]1. The van der Waals surface area contributed by atoms with Gasteiger partial charge in [-0.25, -0.2) is 4.39 Å². The van der Waals surface area contributed by atoms with E-state index < -0.39 is 5.97 Å². The maximum absolute atomic E-state index is 13.5. The van der Waals surface area contributed by atoms with E-state index in [9.17, 15) is 9.18 Å². The number of aliphatic carboxylic acids is 1. The van der Waals surface area contributed by atoms with Crippen LogP contribution in [0.1, 0.15) is 57.7 Å². The zero-order chi connectivity index (χ0) is 24.1. The molecule has 2 aromatic rings. The molecule has 182 valence electrons. The minimum absolute atomic E-state index is 0.312. The van der Waals surface area contributed by atoms with E-state index in [0.717, 1.165) is 68.9 Å². The number of carbonyl (C=O) groups is 1. The van der Waals surface area contributed by atoms with Crippen molar-refractivity contribution in [1.29, 1.82) is 0 Å². The Hall–Kier alpha value is -3.16. The number of aromatic nitrogens is 3. The predicted octanol–water partition coefficient (Wildman–Crippen LogP) is 4.81. The summed E-state index contributed by atoms with van der Waals surface area (Å²) in [5, 5.41) is 17.3. The number of carboxylic acid groups (broad SMARTS) is 1. The van der Waals surface area contributed by atoms with E-state index in [1.807, 2.05) is 19.1 Å². The molecule has 34 heavy (non-hydrogen) atoms. The lowest BCUT2D eigenvalue weighted by atomic mass is 9.72. The standard InChI is InChI=1S/C26H34FN5O2/c1-17(25-29-26(31-30-25)21-3-2-4-22(27)16-21)5-10-23(28)32-13-11-20(12-14-32)19-8-6-18(7-9-19)15-24(33)34/h2-5,10,16,18-20H,6-9,11-15,28H2,1H3,(H,33,34)(H,29,30,31)/b17-5+,23-10+/t18-,19+. The largest absolute Gasteiger partial charge is 0.481 e. The summed E-state index contributed by atoms with van der Waals surface area (Å²) in [6.45, 7) is 3.83. The highest BCUT2D eigenvalue weighted by molar-refractivity contribution is 5.67. The number of aromatic amines is 1. The van der Waals surface area contributed by atoms with Crippen molar-refractivity contribution in [1.82, 2.24) is 20.1 Å². The molecule has 2 heterocycles. The second-order valence-corrected chi connectivity index (χ2v) is 9.68. The third-order valence-electron chi connectivity index (χ3n) is 7.39. The van der Waals surface area contributed by atoms with Crippen LogP contribution in [0.15, 0.2) is 42.2 Å². The van der Waals surface area contributed by atoms with Crippen LogP contribution in [0.2, 0.25) is 0 Å². The Balaban J connectivity index is 1.28. The molecular formula is C26H34FN5O2. The Bertz CT molecular complexity index is 1050. The smallest absolute Gasteiger partial charge is 0.303 e. The van der Waals surface area contributed by atoms with Gasteiger partial charge in [0.1, 0.15) is 5.82 Å².